The Kier molecular flexibility index (Phi) is 8.42. The zero-order valence-electron chi connectivity index (χ0n) is 28.9. The highest BCUT2D eigenvalue weighted by molar-refractivity contribution is 5.87. The highest BCUT2D eigenvalue weighted by atomic mass is 14.2. The van der Waals surface area contributed by atoms with E-state index in [1.165, 1.54) is 100 Å². The third-order valence-corrected chi connectivity index (χ3v) is 9.95. The van der Waals surface area contributed by atoms with Gasteiger partial charge in [0.1, 0.15) is 0 Å². The van der Waals surface area contributed by atoms with Gasteiger partial charge in [-0.05, 0) is 178 Å². The van der Waals surface area contributed by atoms with E-state index in [0.29, 0.717) is 0 Å². The van der Waals surface area contributed by atoms with Crippen LogP contribution in [0.15, 0.2) is 146 Å². The molecule has 7 aromatic rings. The molecular weight excluding hydrogens is 577 g/mol. The second-order valence-electron chi connectivity index (χ2n) is 13.3. The van der Waals surface area contributed by atoms with Crippen LogP contribution in [0.5, 0.6) is 0 Å². The average Bonchev–Trinajstić information content (AvgIpc) is 3.10. The molecule has 7 rings (SSSR count). The molecule has 0 aromatic heterocycles. The first-order valence-electron chi connectivity index (χ1n) is 16.9. The molecule has 0 saturated carbocycles. The standard InChI is InChI=1S/C48H42/c1-31-13-7-10-16-43(31)46-28-37(22-19-34(46)4)40-25-41(38-23-20-35(5)47(29-38)44-17-11-8-14-32(44)2)27-42(26-40)39-24-21-36(6)48(30-39)45-18-12-9-15-33(45)3/h7-30H,1-6H3. The molecule has 0 bridgehead atoms. The second-order valence-corrected chi connectivity index (χ2v) is 13.3. The van der Waals surface area contributed by atoms with E-state index in [1.54, 1.807) is 0 Å². The topological polar surface area (TPSA) is 0 Å². The Morgan fingerprint density at radius 2 is 0.458 bits per heavy atom. The molecule has 0 saturated heterocycles. The van der Waals surface area contributed by atoms with Gasteiger partial charge in [-0.3, -0.25) is 0 Å². The van der Waals surface area contributed by atoms with Crippen LogP contribution in [0, 0.1) is 41.5 Å². The Morgan fingerprint density at radius 3 is 0.729 bits per heavy atom. The lowest BCUT2D eigenvalue weighted by Crippen LogP contribution is -1.92. The maximum Gasteiger partial charge on any atom is -0.0146 e. The van der Waals surface area contributed by atoms with Gasteiger partial charge in [0.15, 0.2) is 0 Å². The first-order chi connectivity index (χ1) is 23.3. The zero-order chi connectivity index (χ0) is 33.4. The summed E-state index contributed by atoms with van der Waals surface area (Å²) in [6.07, 6.45) is 0. The van der Waals surface area contributed by atoms with Crippen LogP contribution < -0.4 is 0 Å². The summed E-state index contributed by atoms with van der Waals surface area (Å²) in [5, 5.41) is 0. The van der Waals surface area contributed by atoms with E-state index >= 15 is 0 Å². The molecule has 0 spiro atoms. The molecule has 0 atom stereocenters. The van der Waals surface area contributed by atoms with E-state index in [1.807, 2.05) is 0 Å². The fraction of sp³-hybridized carbons (Fsp3) is 0.125. The molecule has 0 amide bonds. The predicted octanol–water partition coefficient (Wildman–Crippen LogP) is 13.5. The average molecular weight is 619 g/mol. The molecule has 0 aliphatic heterocycles. The molecular formula is C48H42. The van der Waals surface area contributed by atoms with Crippen molar-refractivity contribution in [3.63, 3.8) is 0 Å². The molecule has 0 aliphatic rings. The smallest absolute Gasteiger partial charge is 0.0146 e. The normalized spacial score (nSPS) is 11.1. The molecule has 0 heteroatoms. The second kappa shape index (κ2) is 13.0. The van der Waals surface area contributed by atoms with Crippen LogP contribution in [-0.4, -0.2) is 0 Å². The number of rotatable bonds is 6. The van der Waals surface area contributed by atoms with E-state index in [0.717, 1.165) is 0 Å². The van der Waals surface area contributed by atoms with Crippen molar-refractivity contribution in [3.05, 3.63) is 179 Å². The SMILES string of the molecule is Cc1ccccc1-c1cc(-c2cc(-c3ccc(C)c(-c4ccccc4C)c3)cc(-c3ccc(C)c(-c4ccccc4C)c3)c2)ccc1C. The fourth-order valence-corrected chi connectivity index (χ4v) is 7.03. The van der Waals surface area contributed by atoms with Crippen molar-refractivity contribution in [2.45, 2.75) is 41.5 Å². The van der Waals surface area contributed by atoms with E-state index in [2.05, 4.69) is 187 Å². The van der Waals surface area contributed by atoms with E-state index in [4.69, 9.17) is 0 Å². The summed E-state index contributed by atoms with van der Waals surface area (Å²) < 4.78 is 0. The molecule has 0 fully saturated rings. The minimum atomic E-state index is 1.22. The van der Waals surface area contributed by atoms with Crippen molar-refractivity contribution < 1.29 is 0 Å². The first-order valence-corrected chi connectivity index (χ1v) is 16.9. The number of aryl methyl sites for hydroxylation is 6. The van der Waals surface area contributed by atoms with Crippen molar-refractivity contribution >= 4 is 0 Å². The van der Waals surface area contributed by atoms with Crippen molar-refractivity contribution in [3.8, 4) is 66.8 Å². The van der Waals surface area contributed by atoms with Crippen LogP contribution in [0.2, 0.25) is 0 Å². The largest absolute Gasteiger partial charge is 0.0620 e. The van der Waals surface area contributed by atoms with Crippen molar-refractivity contribution in [1.82, 2.24) is 0 Å². The third kappa shape index (κ3) is 6.03. The Labute approximate surface area is 286 Å². The lowest BCUT2D eigenvalue weighted by atomic mass is 9.87. The van der Waals surface area contributed by atoms with Crippen molar-refractivity contribution in [2.24, 2.45) is 0 Å². The Hall–Kier alpha value is -5.46. The van der Waals surface area contributed by atoms with Crippen LogP contribution in [0.3, 0.4) is 0 Å². The summed E-state index contributed by atoms with van der Waals surface area (Å²) >= 11 is 0. The van der Waals surface area contributed by atoms with E-state index in [-0.39, 0.29) is 0 Å². The Balaban J connectivity index is 1.44. The number of hydrogen-bond donors (Lipinski definition) is 0. The molecule has 0 heterocycles. The van der Waals surface area contributed by atoms with Gasteiger partial charge >= 0.3 is 0 Å². The number of benzene rings is 7. The van der Waals surface area contributed by atoms with Gasteiger partial charge in [0.2, 0.25) is 0 Å². The Morgan fingerprint density at radius 1 is 0.208 bits per heavy atom. The van der Waals surface area contributed by atoms with Crippen molar-refractivity contribution in [1.29, 1.82) is 0 Å². The summed E-state index contributed by atoms with van der Waals surface area (Å²) in [5.41, 5.74) is 22.8. The van der Waals surface area contributed by atoms with Gasteiger partial charge in [-0.15, -0.1) is 0 Å². The quantitative estimate of drug-likeness (QED) is 0.174. The highest BCUT2D eigenvalue weighted by Gasteiger charge is 2.14. The molecule has 48 heavy (non-hydrogen) atoms. The lowest BCUT2D eigenvalue weighted by Gasteiger charge is -2.17. The summed E-state index contributed by atoms with van der Waals surface area (Å²) in [4.78, 5) is 0. The minimum absolute atomic E-state index is 1.22. The molecule has 0 unspecified atom stereocenters. The summed E-state index contributed by atoms with van der Waals surface area (Å²) in [6.45, 7) is 13.2. The summed E-state index contributed by atoms with van der Waals surface area (Å²) in [6, 6.07) is 54.0. The third-order valence-electron chi connectivity index (χ3n) is 9.95. The molecule has 0 radical (unpaired) electrons. The highest BCUT2D eigenvalue weighted by Crippen LogP contribution is 2.39. The van der Waals surface area contributed by atoms with Gasteiger partial charge in [0.05, 0.1) is 0 Å². The van der Waals surface area contributed by atoms with Crippen LogP contribution in [-0.2, 0) is 0 Å². The van der Waals surface area contributed by atoms with Crippen LogP contribution in [0.1, 0.15) is 33.4 Å². The van der Waals surface area contributed by atoms with Gasteiger partial charge in [0.25, 0.3) is 0 Å². The molecule has 0 nitrogen and oxygen atoms in total. The van der Waals surface area contributed by atoms with Crippen LogP contribution in [0.4, 0.5) is 0 Å². The van der Waals surface area contributed by atoms with Crippen molar-refractivity contribution in [2.75, 3.05) is 0 Å². The maximum atomic E-state index is 2.38. The van der Waals surface area contributed by atoms with Gasteiger partial charge in [0, 0.05) is 0 Å². The molecule has 0 N–H and O–H groups in total. The summed E-state index contributed by atoms with van der Waals surface area (Å²) in [5.74, 6) is 0. The summed E-state index contributed by atoms with van der Waals surface area (Å²) in [7, 11) is 0. The monoisotopic (exact) mass is 618 g/mol. The maximum absolute atomic E-state index is 2.38. The number of hydrogen-bond acceptors (Lipinski definition) is 0. The minimum Gasteiger partial charge on any atom is -0.0620 e. The first kappa shape index (κ1) is 31.2. The van der Waals surface area contributed by atoms with Gasteiger partial charge in [-0.25, -0.2) is 0 Å². The van der Waals surface area contributed by atoms with Gasteiger partial charge < -0.3 is 0 Å². The predicted molar refractivity (Wildman–Crippen MR) is 207 cm³/mol. The lowest BCUT2D eigenvalue weighted by molar-refractivity contribution is 1.40. The van der Waals surface area contributed by atoms with Crippen LogP contribution in [0.25, 0.3) is 66.8 Å². The molecule has 0 aliphatic carbocycles. The molecule has 7 aromatic carbocycles. The van der Waals surface area contributed by atoms with E-state index < -0.39 is 0 Å². The Bertz CT molecular complexity index is 2030. The molecule has 234 valence electrons. The van der Waals surface area contributed by atoms with Gasteiger partial charge in [-0.1, -0.05) is 109 Å². The zero-order valence-corrected chi connectivity index (χ0v) is 28.9. The fourth-order valence-electron chi connectivity index (χ4n) is 7.03. The van der Waals surface area contributed by atoms with E-state index in [9.17, 15) is 0 Å². The van der Waals surface area contributed by atoms with Gasteiger partial charge in [-0.2, -0.15) is 0 Å². The van der Waals surface area contributed by atoms with Crippen LogP contribution >= 0.6 is 0 Å².